The lowest BCUT2D eigenvalue weighted by atomic mass is 10.1. The number of thiophene rings is 1. The topological polar surface area (TPSA) is 0 Å². The van der Waals surface area contributed by atoms with E-state index in [4.69, 9.17) is 5.48 Å². The molecule has 1 aromatic heterocycles. The first-order chi connectivity index (χ1) is 7.54. The summed E-state index contributed by atoms with van der Waals surface area (Å²) in [6.45, 7) is 0. The van der Waals surface area contributed by atoms with Gasteiger partial charge in [-0.25, -0.2) is 4.39 Å². The first-order valence-electron chi connectivity index (χ1n) is 5.32. The molecule has 0 radical (unpaired) electrons. The minimum Gasteiger partial charge on any atom is -0.207 e. The van der Waals surface area contributed by atoms with Crippen molar-refractivity contribution in [3.8, 4) is 11.1 Å². The Labute approximate surface area is 79.9 Å². The second-order valence-corrected chi connectivity index (χ2v) is 2.98. The molecule has 0 aliphatic carbocycles. The average molecular weight is 182 g/mol. The van der Waals surface area contributed by atoms with Gasteiger partial charge in [0.25, 0.3) is 0 Å². The van der Waals surface area contributed by atoms with E-state index >= 15 is 0 Å². The molecule has 0 saturated carbocycles. The first kappa shape index (κ1) is 4.19. The Morgan fingerprint density at radius 3 is 2.50 bits per heavy atom. The largest absolute Gasteiger partial charge is 0.207 e. The molecule has 2 aromatic rings. The number of rotatable bonds is 1. The third kappa shape index (κ3) is 1.38. The van der Waals surface area contributed by atoms with Crippen LogP contribution in [0.3, 0.4) is 0 Å². The van der Waals surface area contributed by atoms with Crippen LogP contribution in [0.15, 0.2) is 41.0 Å². The van der Waals surface area contributed by atoms with Gasteiger partial charge in [0.05, 0.1) is 5.48 Å². The van der Waals surface area contributed by atoms with Crippen molar-refractivity contribution < 1.29 is 9.87 Å². The predicted molar refractivity (Wildman–Crippen MR) is 49.7 cm³/mol. The first-order valence-corrected chi connectivity index (χ1v) is 4.26. The molecule has 1 aromatic carbocycles. The summed E-state index contributed by atoms with van der Waals surface area (Å²) in [6, 6.07) is -0.231. The fourth-order valence-corrected chi connectivity index (χ4v) is 1.50. The van der Waals surface area contributed by atoms with Gasteiger partial charge in [-0.15, -0.1) is 0 Å². The molecule has 0 aliphatic rings. The van der Waals surface area contributed by atoms with Gasteiger partial charge >= 0.3 is 0 Å². The molecule has 0 fully saturated rings. The SMILES string of the molecule is [2H]c1c([2H])c(-c2ccsc2)c([2H])c([2H])c1F. The van der Waals surface area contributed by atoms with Gasteiger partial charge in [0, 0.05) is 0 Å². The van der Waals surface area contributed by atoms with E-state index in [0.717, 1.165) is 0 Å². The Morgan fingerprint density at radius 1 is 1.17 bits per heavy atom. The molecule has 60 valence electrons. The van der Waals surface area contributed by atoms with Crippen LogP contribution in [0.5, 0.6) is 0 Å². The second kappa shape index (κ2) is 3.07. The quantitative estimate of drug-likeness (QED) is 0.632. The van der Waals surface area contributed by atoms with Gasteiger partial charge in [-0.2, -0.15) is 11.3 Å². The van der Waals surface area contributed by atoms with E-state index < -0.39 is 17.9 Å². The zero-order valence-electron chi connectivity index (χ0n) is 10.0. The highest BCUT2D eigenvalue weighted by Gasteiger charge is 1.96. The molecule has 0 spiro atoms. The Balaban J connectivity index is 2.81. The van der Waals surface area contributed by atoms with E-state index in [1.165, 1.54) is 11.3 Å². The third-order valence-corrected chi connectivity index (χ3v) is 2.09. The lowest BCUT2D eigenvalue weighted by molar-refractivity contribution is 0.628. The summed E-state index contributed by atoms with van der Waals surface area (Å²) < 4.78 is 43.2. The molecule has 0 nitrogen and oxygen atoms in total. The summed E-state index contributed by atoms with van der Waals surface area (Å²) in [6.07, 6.45) is 0. The van der Waals surface area contributed by atoms with Crippen molar-refractivity contribution in [2.45, 2.75) is 0 Å². The highest BCUT2D eigenvalue weighted by atomic mass is 32.1. The normalized spacial score (nSPS) is 14.8. The van der Waals surface area contributed by atoms with Crippen molar-refractivity contribution in [1.29, 1.82) is 0 Å². The van der Waals surface area contributed by atoms with Gasteiger partial charge in [-0.1, -0.05) is 12.1 Å². The molecular weight excluding hydrogens is 171 g/mol. The summed E-state index contributed by atoms with van der Waals surface area (Å²) in [5.74, 6) is -1.10. The van der Waals surface area contributed by atoms with Crippen molar-refractivity contribution in [3.05, 3.63) is 46.8 Å². The highest BCUT2D eigenvalue weighted by molar-refractivity contribution is 7.08. The number of hydrogen-bond acceptors (Lipinski definition) is 1. The summed E-state index contributed by atoms with van der Waals surface area (Å²) in [4.78, 5) is 0. The van der Waals surface area contributed by atoms with Crippen LogP contribution in [-0.4, -0.2) is 0 Å². The van der Waals surface area contributed by atoms with Crippen molar-refractivity contribution in [1.82, 2.24) is 0 Å². The average Bonchev–Trinajstić information content (AvgIpc) is 2.77. The molecule has 0 aliphatic heterocycles. The van der Waals surface area contributed by atoms with Crippen molar-refractivity contribution in [2.24, 2.45) is 0 Å². The molecule has 2 heteroatoms. The molecule has 0 bridgehead atoms. The fourth-order valence-electron chi connectivity index (χ4n) is 0.848. The monoisotopic (exact) mass is 182 g/mol. The van der Waals surface area contributed by atoms with Crippen LogP contribution in [0.25, 0.3) is 11.1 Å². The van der Waals surface area contributed by atoms with Crippen LogP contribution in [0, 0.1) is 5.82 Å². The molecule has 0 unspecified atom stereocenters. The maximum Gasteiger partial charge on any atom is 0.123 e. The summed E-state index contributed by atoms with van der Waals surface area (Å²) in [5, 5.41) is 3.48. The van der Waals surface area contributed by atoms with Crippen LogP contribution in [-0.2, 0) is 0 Å². The van der Waals surface area contributed by atoms with Crippen LogP contribution in [0.4, 0.5) is 4.39 Å². The lowest BCUT2D eigenvalue weighted by Crippen LogP contribution is -1.74. The van der Waals surface area contributed by atoms with E-state index in [2.05, 4.69) is 0 Å². The molecule has 2 rings (SSSR count). The Kier molecular flexibility index (Phi) is 1.07. The lowest BCUT2D eigenvalue weighted by Gasteiger charge is -1.95. The summed E-state index contributed by atoms with van der Waals surface area (Å²) >= 11 is 1.38. The molecule has 0 amide bonds. The van der Waals surface area contributed by atoms with Crippen LogP contribution < -0.4 is 0 Å². The minimum atomic E-state index is -1.10. The Hall–Kier alpha value is -1.15. The van der Waals surface area contributed by atoms with E-state index in [1.807, 2.05) is 0 Å². The van der Waals surface area contributed by atoms with Crippen molar-refractivity contribution in [3.63, 3.8) is 0 Å². The molecule has 0 saturated heterocycles. The number of halogens is 1. The second-order valence-electron chi connectivity index (χ2n) is 2.20. The summed E-state index contributed by atoms with van der Waals surface area (Å²) in [5.41, 5.74) is 0.736. The molecule has 0 atom stereocenters. The van der Waals surface area contributed by atoms with Gasteiger partial charge in [0.15, 0.2) is 0 Å². The van der Waals surface area contributed by atoms with Crippen LogP contribution >= 0.6 is 11.3 Å². The van der Waals surface area contributed by atoms with Crippen LogP contribution in [0.1, 0.15) is 5.48 Å². The minimum absolute atomic E-state index is 0.151. The standard InChI is InChI=1S/C10H7FS/c11-10-3-1-8(2-4-10)9-5-6-12-7-9/h1-7H/i1D,2D,3D,4D. The van der Waals surface area contributed by atoms with E-state index in [0.29, 0.717) is 5.56 Å². The van der Waals surface area contributed by atoms with Crippen molar-refractivity contribution in [2.75, 3.05) is 0 Å². The Morgan fingerprint density at radius 2 is 1.92 bits per heavy atom. The highest BCUT2D eigenvalue weighted by Crippen LogP contribution is 2.21. The van der Waals surface area contributed by atoms with E-state index in [1.54, 1.807) is 16.8 Å². The maximum atomic E-state index is 13.3. The third-order valence-electron chi connectivity index (χ3n) is 1.40. The van der Waals surface area contributed by atoms with Gasteiger partial charge in [0.1, 0.15) is 5.82 Å². The van der Waals surface area contributed by atoms with Gasteiger partial charge < -0.3 is 0 Å². The fraction of sp³-hybridized carbons (Fsp3) is 0. The molecule has 1 heterocycles. The van der Waals surface area contributed by atoms with Gasteiger partial charge in [-0.3, -0.25) is 0 Å². The van der Waals surface area contributed by atoms with Gasteiger partial charge in [0.2, 0.25) is 0 Å². The smallest absolute Gasteiger partial charge is 0.123 e. The summed E-state index contributed by atoms with van der Waals surface area (Å²) in [7, 11) is 0. The Bertz CT molecular complexity index is 507. The van der Waals surface area contributed by atoms with Gasteiger partial charge in [-0.05, 0) is 40.0 Å². The zero-order chi connectivity index (χ0) is 11.9. The molecule has 12 heavy (non-hydrogen) atoms. The molecule has 0 N–H and O–H groups in total. The van der Waals surface area contributed by atoms with E-state index in [-0.39, 0.29) is 17.6 Å². The molecular formula is C10H7FS. The number of benzene rings is 1. The van der Waals surface area contributed by atoms with E-state index in [9.17, 15) is 4.39 Å². The van der Waals surface area contributed by atoms with Crippen molar-refractivity contribution >= 4 is 11.3 Å². The number of hydrogen-bond donors (Lipinski definition) is 0. The maximum absolute atomic E-state index is 13.3. The predicted octanol–water partition coefficient (Wildman–Crippen LogP) is 3.55. The van der Waals surface area contributed by atoms with Crippen LogP contribution in [0.2, 0.25) is 0 Å². The zero-order valence-corrected chi connectivity index (χ0v) is 6.83.